The molecular formula is C14H19NOS2. The molecule has 1 heterocycles. The minimum atomic E-state index is 0.228. The molecule has 1 unspecified atom stereocenters. The highest BCUT2D eigenvalue weighted by Crippen LogP contribution is 2.35. The number of thioether (sulfide) groups is 1. The van der Waals surface area contributed by atoms with Crippen LogP contribution in [0.3, 0.4) is 0 Å². The van der Waals surface area contributed by atoms with Crippen molar-refractivity contribution in [1.82, 2.24) is 0 Å². The number of hydrogen-bond donors (Lipinski definition) is 1. The maximum Gasteiger partial charge on any atom is 0.227 e. The summed E-state index contributed by atoms with van der Waals surface area (Å²) >= 11 is 6.12. The van der Waals surface area contributed by atoms with E-state index in [0.717, 1.165) is 18.0 Å². The third kappa shape index (κ3) is 3.04. The van der Waals surface area contributed by atoms with E-state index in [1.165, 1.54) is 4.90 Å². The van der Waals surface area contributed by atoms with Crippen LogP contribution in [0.5, 0.6) is 0 Å². The van der Waals surface area contributed by atoms with E-state index >= 15 is 0 Å². The minimum absolute atomic E-state index is 0.228. The maximum atomic E-state index is 12.1. The van der Waals surface area contributed by atoms with Crippen LogP contribution in [0.25, 0.3) is 0 Å². The zero-order valence-corrected chi connectivity index (χ0v) is 12.5. The largest absolute Gasteiger partial charge is 0.311 e. The monoisotopic (exact) mass is 281 g/mol. The molecule has 0 aliphatic carbocycles. The van der Waals surface area contributed by atoms with Gasteiger partial charge >= 0.3 is 0 Å². The number of rotatable bonds is 4. The summed E-state index contributed by atoms with van der Waals surface area (Å²) in [6.07, 6.45) is 0.629. The molecule has 1 fully saturated rings. The summed E-state index contributed by atoms with van der Waals surface area (Å²) in [7, 11) is 0. The Hall–Kier alpha value is -0.610. The number of carbonyl (C=O) groups excluding carboxylic acids is 1. The fraction of sp³-hybridized carbons (Fsp3) is 0.500. The van der Waals surface area contributed by atoms with Gasteiger partial charge in [-0.25, -0.2) is 0 Å². The highest BCUT2D eigenvalue weighted by molar-refractivity contribution is 8.00. The topological polar surface area (TPSA) is 20.3 Å². The number of anilines is 1. The van der Waals surface area contributed by atoms with Crippen LogP contribution in [0.1, 0.15) is 20.3 Å². The van der Waals surface area contributed by atoms with Crippen LogP contribution in [-0.2, 0) is 4.79 Å². The summed E-state index contributed by atoms with van der Waals surface area (Å²) in [6, 6.07) is 8.18. The number of thiol groups is 1. The van der Waals surface area contributed by atoms with E-state index < -0.39 is 0 Å². The van der Waals surface area contributed by atoms with Crippen LogP contribution in [0, 0.1) is 5.92 Å². The van der Waals surface area contributed by atoms with Crippen molar-refractivity contribution in [1.29, 1.82) is 0 Å². The number of para-hydroxylation sites is 1. The first-order chi connectivity index (χ1) is 8.61. The Balaban J connectivity index is 2.25. The lowest BCUT2D eigenvalue weighted by Gasteiger charge is -2.20. The van der Waals surface area contributed by atoms with Crippen molar-refractivity contribution in [3.05, 3.63) is 24.3 Å². The van der Waals surface area contributed by atoms with Crippen molar-refractivity contribution < 1.29 is 4.79 Å². The molecule has 1 aliphatic heterocycles. The van der Waals surface area contributed by atoms with Crippen molar-refractivity contribution in [2.75, 3.05) is 17.2 Å². The molecule has 0 N–H and O–H groups in total. The number of amides is 1. The van der Waals surface area contributed by atoms with Gasteiger partial charge in [0.25, 0.3) is 0 Å². The van der Waals surface area contributed by atoms with Crippen molar-refractivity contribution in [3.8, 4) is 0 Å². The Morgan fingerprint density at radius 1 is 1.44 bits per heavy atom. The zero-order valence-electron chi connectivity index (χ0n) is 10.8. The Bertz CT molecular complexity index is 434. The standard InChI is InChI=1S/C14H19NOS2/c1-10(2)18-13-6-4-3-5-12(13)15-8-11(9-17)7-14(15)16/h3-6,10-11,17H,7-9H2,1-2H3. The molecule has 0 saturated carbocycles. The molecule has 98 valence electrons. The highest BCUT2D eigenvalue weighted by Gasteiger charge is 2.30. The van der Waals surface area contributed by atoms with Gasteiger partial charge in [0.2, 0.25) is 5.91 Å². The highest BCUT2D eigenvalue weighted by atomic mass is 32.2. The molecule has 4 heteroatoms. The van der Waals surface area contributed by atoms with Crippen molar-refractivity contribution in [2.24, 2.45) is 5.92 Å². The smallest absolute Gasteiger partial charge is 0.227 e. The molecule has 0 spiro atoms. The van der Waals surface area contributed by atoms with Crippen molar-refractivity contribution in [2.45, 2.75) is 30.4 Å². The van der Waals surface area contributed by atoms with Crippen LogP contribution >= 0.6 is 24.4 Å². The van der Waals surface area contributed by atoms with E-state index in [1.807, 2.05) is 34.9 Å². The Morgan fingerprint density at radius 2 is 2.17 bits per heavy atom. The maximum absolute atomic E-state index is 12.1. The summed E-state index contributed by atoms with van der Waals surface area (Å²) in [5.74, 6) is 1.39. The van der Waals surface area contributed by atoms with Gasteiger partial charge in [-0.05, 0) is 23.8 Å². The lowest BCUT2D eigenvalue weighted by Crippen LogP contribution is -2.25. The van der Waals surface area contributed by atoms with Gasteiger partial charge in [0.1, 0.15) is 0 Å². The molecule has 0 radical (unpaired) electrons. The average Bonchev–Trinajstić information content (AvgIpc) is 2.70. The van der Waals surface area contributed by atoms with E-state index in [9.17, 15) is 4.79 Å². The average molecular weight is 281 g/mol. The second-order valence-electron chi connectivity index (χ2n) is 4.89. The normalized spacial score (nSPS) is 19.9. The molecule has 2 nitrogen and oxygen atoms in total. The predicted molar refractivity (Wildman–Crippen MR) is 81.7 cm³/mol. The molecule has 0 bridgehead atoms. The van der Waals surface area contributed by atoms with Gasteiger partial charge in [0, 0.05) is 23.1 Å². The summed E-state index contributed by atoms with van der Waals surface area (Å²) in [4.78, 5) is 15.2. The predicted octanol–water partition coefficient (Wildman–Crippen LogP) is 3.47. The van der Waals surface area contributed by atoms with Gasteiger partial charge in [-0.15, -0.1) is 11.8 Å². The number of carbonyl (C=O) groups is 1. The molecule has 18 heavy (non-hydrogen) atoms. The summed E-state index contributed by atoms with van der Waals surface area (Å²) in [5.41, 5.74) is 1.06. The third-order valence-electron chi connectivity index (χ3n) is 2.98. The fourth-order valence-corrected chi connectivity index (χ4v) is 3.38. The number of benzene rings is 1. The molecule has 1 aromatic rings. The summed E-state index contributed by atoms with van der Waals surface area (Å²) in [5, 5.41) is 0.518. The lowest BCUT2D eigenvalue weighted by atomic mass is 10.1. The van der Waals surface area contributed by atoms with Gasteiger partial charge in [0.15, 0.2) is 0 Å². The van der Waals surface area contributed by atoms with Gasteiger partial charge in [-0.2, -0.15) is 12.6 Å². The summed E-state index contributed by atoms with van der Waals surface area (Å²) in [6.45, 7) is 5.14. The van der Waals surface area contributed by atoms with Crippen LogP contribution in [0.4, 0.5) is 5.69 Å². The van der Waals surface area contributed by atoms with Crippen molar-refractivity contribution in [3.63, 3.8) is 0 Å². The quantitative estimate of drug-likeness (QED) is 0.673. The molecule has 2 rings (SSSR count). The first kappa shape index (κ1) is 13.8. The first-order valence-electron chi connectivity index (χ1n) is 6.28. The minimum Gasteiger partial charge on any atom is -0.311 e. The molecule has 0 aromatic heterocycles. The van der Waals surface area contributed by atoms with Gasteiger partial charge in [0.05, 0.1) is 5.69 Å². The number of nitrogens with zero attached hydrogens (tertiary/aromatic N) is 1. The van der Waals surface area contributed by atoms with E-state index in [2.05, 4.69) is 32.5 Å². The zero-order chi connectivity index (χ0) is 13.1. The molecule has 1 atom stereocenters. The lowest BCUT2D eigenvalue weighted by molar-refractivity contribution is -0.117. The summed E-state index contributed by atoms with van der Waals surface area (Å²) < 4.78 is 0. The second kappa shape index (κ2) is 6.02. The number of hydrogen-bond acceptors (Lipinski definition) is 3. The fourth-order valence-electron chi connectivity index (χ4n) is 2.17. The molecule has 1 amide bonds. The van der Waals surface area contributed by atoms with Crippen LogP contribution < -0.4 is 4.90 Å². The van der Waals surface area contributed by atoms with Crippen LogP contribution in [0.15, 0.2) is 29.2 Å². The molecular weight excluding hydrogens is 262 g/mol. The van der Waals surface area contributed by atoms with E-state index in [0.29, 0.717) is 17.6 Å². The second-order valence-corrected chi connectivity index (χ2v) is 6.87. The van der Waals surface area contributed by atoms with Gasteiger partial charge in [-0.1, -0.05) is 26.0 Å². The molecule has 1 aliphatic rings. The molecule has 1 aromatic carbocycles. The van der Waals surface area contributed by atoms with Crippen LogP contribution in [0.2, 0.25) is 0 Å². The SMILES string of the molecule is CC(C)Sc1ccccc1N1CC(CS)CC1=O. The van der Waals surface area contributed by atoms with E-state index in [1.54, 1.807) is 0 Å². The molecule has 1 saturated heterocycles. The first-order valence-corrected chi connectivity index (χ1v) is 7.80. The Labute approximate surface area is 119 Å². The third-order valence-corrected chi connectivity index (χ3v) is 4.57. The Morgan fingerprint density at radius 3 is 2.78 bits per heavy atom. The van der Waals surface area contributed by atoms with Crippen molar-refractivity contribution >= 4 is 36.0 Å². The van der Waals surface area contributed by atoms with Gasteiger partial charge < -0.3 is 4.90 Å². The Kier molecular flexibility index (Phi) is 4.62. The van der Waals surface area contributed by atoms with E-state index in [4.69, 9.17) is 0 Å². The van der Waals surface area contributed by atoms with Gasteiger partial charge in [-0.3, -0.25) is 4.79 Å². The van der Waals surface area contributed by atoms with E-state index in [-0.39, 0.29) is 5.91 Å². The van der Waals surface area contributed by atoms with Crippen LogP contribution in [-0.4, -0.2) is 23.5 Å².